The third-order valence-electron chi connectivity index (χ3n) is 0.820. The molecule has 9 heavy (non-hydrogen) atoms. The van der Waals surface area contributed by atoms with Crippen LogP contribution in [-0.2, 0) is 0 Å². The highest BCUT2D eigenvalue weighted by atomic mass is 32.1. The molecule has 0 radical (unpaired) electrons. The first-order chi connectivity index (χ1) is 3.93. The van der Waals surface area contributed by atoms with Crippen LogP contribution in [0.4, 0.5) is 0 Å². The minimum absolute atomic E-state index is 0. The van der Waals surface area contributed by atoms with E-state index < -0.39 is 0 Å². The van der Waals surface area contributed by atoms with E-state index in [1.807, 2.05) is 0 Å². The third-order valence-corrected chi connectivity index (χ3v) is 0.820. The molecule has 0 aromatic carbocycles. The fraction of sp³-hybridized carbons (Fsp3) is 0. The minimum Gasteiger partial charge on any atom is -0.298 e. The second-order valence-corrected chi connectivity index (χ2v) is 1.40. The number of hydrogen-bond acceptors (Lipinski definition) is 2. The Bertz CT molecular complexity index is 176. The minimum atomic E-state index is 0. The van der Waals surface area contributed by atoms with Crippen LogP contribution in [0.5, 0.6) is 0 Å². The van der Waals surface area contributed by atoms with Crippen LogP contribution in [0.3, 0.4) is 0 Å². The second kappa shape index (κ2) is 4.09. The molecule has 1 rings (SSSR count). The van der Waals surface area contributed by atoms with E-state index >= 15 is 0 Å². The maximum atomic E-state index is 9.97. The van der Waals surface area contributed by atoms with Crippen molar-refractivity contribution in [2.75, 3.05) is 0 Å². The van der Waals surface area contributed by atoms with Crippen molar-refractivity contribution >= 4 is 19.8 Å². The van der Waals surface area contributed by atoms with Crippen molar-refractivity contribution in [1.82, 2.24) is 4.98 Å². The van der Waals surface area contributed by atoms with E-state index in [1.54, 1.807) is 18.3 Å². The zero-order valence-electron chi connectivity index (χ0n) is 4.74. The number of nitrogens with zero attached hydrogens (tertiary/aromatic N) is 1. The maximum absolute atomic E-state index is 9.97. The van der Waals surface area contributed by atoms with E-state index in [0.717, 1.165) is 6.29 Å². The Morgan fingerprint density at radius 3 is 2.67 bits per heavy atom. The average molecular weight is 141 g/mol. The van der Waals surface area contributed by atoms with Gasteiger partial charge in [0.15, 0.2) is 6.29 Å². The van der Waals surface area contributed by atoms with E-state index in [-0.39, 0.29) is 13.5 Å². The van der Waals surface area contributed by atoms with Gasteiger partial charge in [0.05, 0.1) is 0 Å². The van der Waals surface area contributed by atoms with Gasteiger partial charge in [-0.05, 0) is 12.1 Å². The Morgan fingerprint density at radius 1 is 1.56 bits per heavy atom. The molecular weight excluding hydrogens is 134 g/mol. The number of carbonyl (C=O) groups is 1. The SMILES string of the molecule is O=Cc1cccnc1.S. The summed E-state index contributed by atoms with van der Waals surface area (Å²) in [7, 11) is 0. The van der Waals surface area contributed by atoms with Gasteiger partial charge in [-0.15, -0.1) is 0 Å². The first kappa shape index (κ1) is 8.17. The predicted molar refractivity (Wildman–Crippen MR) is 40.0 cm³/mol. The molecule has 0 spiro atoms. The van der Waals surface area contributed by atoms with Crippen molar-refractivity contribution in [1.29, 1.82) is 0 Å². The van der Waals surface area contributed by atoms with E-state index in [1.165, 1.54) is 6.20 Å². The Morgan fingerprint density at radius 2 is 2.33 bits per heavy atom. The maximum Gasteiger partial charge on any atom is 0.151 e. The molecule has 0 amide bonds. The Balaban J connectivity index is 0.000000640. The molecule has 0 aliphatic rings. The van der Waals surface area contributed by atoms with Crippen molar-refractivity contribution in [3.05, 3.63) is 30.1 Å². The Kier molecular flexibility index (Phi) is 3.71. The molecule has 0 atom stereocenters. The molecule has 0 unspecified atom stereocenters. The number of hydrogen-bond donors (Lipinski definition) is 0. The molecular formula is C6H7NOS. The first-order valence-corrected chi connectivity index (χ1v) is 2.28. The quantitative estimate of drug-likeness (QED) is 0.546. The highest BCUT2D eigenvalue weighted by Crippen LogP contribution is 1.87. The molecule has 0 saturated carbocycles. The fourth-order valence-corrected chi connectivity index (χ4v) is 0.446. The molecule has 0 saturated heterocycles. The van der Waals surface area contributed by atoms with Gasteiger partial charge in [-0.25, -0.2) is 0 Å². The molecule has 0 bridgehead atoms. The summed E-state index contributed by atoms with van der Waals surface area (Å²) >= 11 is 0. The molecule has 3 heteroatoms. The van der Waals surface area contributed by atoms with Crippen molar-refractivity contribution in [2.24, 2.45) is 0 Å². The molecule has 1 aromatic rings. The lowest BCUT2D eigenvalue weighted by atomic mass is 10.3. The summed E-state index contributed by atoms with van der Waals surface area (Å²) in [6.45, 7) is 0. The van der Waals surface area contributed by atoms with Crippen molar-refractivity contribution in [3.8, 4) is 0 Å². The molecule has 1 aromatic heterocycles. The number of rotatable bonds is 1. The zero-order chi connectivity index (χ0) is 5.82. The molecule has 0 aliphatic carbocycles. The Hall–Kier alpha value is -0.830. The molecule has 2 nitrogen and oxygen atoms in total. The van der Waals surface area contributed by atoms with Crippen LogP contribution in [-0.4, -0.2) is 11.3 Å². The highest BCUT2D eigenvalue weighted by molar-refractivity contribution is 7.59. The highest BCUT2D eigenvalue weighted by Gasteiger charge is 1.81. The van der Waals surface area contributed by atoms with Crippen LogP contribution < -0.4 is 0 Å². The monoisotopic (exact) mass is 141 g/mol. The number of carbonyl (C=O) groups excluding carboxylic acids is 1. The lowest BCUT2D eigenvalue weighted by Crippen LogP contribution is -1.77. The summed E-state index contributed by atoms with van der Waals surface area (Å²) in [5, 5.41) is 0. The number of aldehydes is 1. The summed E-state index contributed by atoms with van der Waals surface area (Å²) in [4.78, 5) is 13.7. The smallest absolute Gasteiger partial charge is 0.151 e. The van der Waals surface area contributed by atoms with Crippen LogP contribution >= 0.6 is 13.5 Å². The topological polar surface area (TPSA) is 30.0 Å². The van der Waals surface area contributed by atoms with Gasteiger partial charge in [0.2, 0.25) is 0 Å². The average Bonchev–Trinajstić information content (AvgIpc) is 1.90. The molecule has 48 valence electrons. The van der Waals surface area contributed by atoms with Gasteiger partial charge in [0.1, 0.15) is 0 Å². The Labute approximate surface area is 60.4 Å². The lowest BCUT2D eigenvalue weighted by Gasteiger charge is -1.81. The molecule has 0 aliphatic heterocycles. The standard InChI is InChI=1S/C6H5NO.H2S/c8-5-6-2-1-3-7-4-6;/h1-5H;1H2. The van der Waals surface area contributed by atoms with Gasteiger partial charge in [-0.2, -0.15) is 13.5 Å². The fourth-order valence-electron chi connectivity index (χ4n) is 0.446. The van der Waals surface area contributed by atoms with E-state index in [9.17, 15) is 4.79 Å². The van der Waals surface area contributed by atoms with Gasteiger partial charge < -0.3 is 0 Å². The van der Waals surface area contributed by atoms with Gasteiger partial charge in [-0.3, -0.25) is 9.78 Å². The normalized spacial score (nSPS) is 7.56. The number of pyridine rings is 1. The van der Waals surface area contributed by atoms with Crippen molar-refractivity contribution in [2.45, 2.75) is 0 Å². The summed E-state index contributed by atoms with van der Waals surface area (Å²) in [5.41, 5.74) is 0.618. The zero-order valence-corrected chi connectivity index (χ0v) is 5.74. The number of aromatic nitrogens is 1. The summed E-state index contributed by atoms with van der Waals surface area (Å²) in [6, 6.07) is 3.43. The van der Waals surface area contributed by atoms with Crippen LogP contribution in [0.2, 0.25) is 0 Å². The van der Waals surface area contributed by atoms with Gasteiger partial charge in [0, 0.05) is 18.0 Å². The second-order valence-electron chi connectivity index (χ2n) is 1.40. The molecule has 0 fully saturated rings. The van der Waals surface area contributed by atoms with Gasteiger partial charge >= 0.3 is 0 Å². The molecule has 1 heterocycles. The largest absolute Gasteiger partial charge is 0.298 e. The van der Waals surface area contributed by atoms with Crippen LogP contribution in [0.25, 0.3) is 0 Å². The summed E-state index contributed by atoms with van der Waals surface area (Å²) < 4.78 is 0. The van der Waals surface area contributed by atoms with E-state index in [4.69, 9.17) is 0 Å². The third kappa shape index (κ3) is 2.28. The first-order valence-electron chi connectivity index (χ1n) is 2.28. The lowest BCUT2D eigenvalue weighted by molar-refractivity contribution is 0.112. The van der Waals surface area contributed by atoms with Crippen LogP contribution in [0.15, 0.2) is 24.5 Å². The summed E-state index contributed by atoms with van der Waals surface area (Å²) in [5.74, 6) is 0. The van der Waals surface area contributed by atoms with Crippen molar-refractivity contribution in [3.63, 3.8) is 0 Å². The van der Waals surface area contributed by atoms with Gasteiger partial charge in [0.25, 0.3) is 0 Å². The predicted octanol–water partition coefficient (Wildman–Crippen LogP) is 1.01. The summed E-state index contributed by atoms with van der Waals surface area (Å²) in [6.07, 6.45) is 3.92. The van der Waals surface area contributed by atoms with E-state index in [0.29, 0.717) is 5.56 Å². The van der Waals surface area contributed by atoms with Gasteiger partial charge in [-0.1, -0.05) is 0 Å². The van der Waals surface area contributed by atoms with Crippen LogP contribution in [0, 0.1) is 0 Å². The van der Waals surface area contributed by atoms with Crippen LogP contribution in [0.1, 0.15) is 10.4 Å². The molecule has 0 N–H and O–H groups in total. The van der Waals surface area contributed by atoms with E-state index in [2.05, 4.69) is 4.98 Å². The van der Waals surface area contributed by atoms with Crippen molar-refractivity contribution < 1.29 is 4.79 Å².